The standard InChI is InChI=1S/C12H15F3N2O/c13-12(14,15)11(18)8-9-6-7-17(16-9)10-4-2-1-3-5-10/h6-7,10H,1-5,8H2. The van der Waals surface area contributed by atoms with Crippen LogP contribution in [0, 0.1) is 0 Å². The summed E-state index contributed by atoms with van der Waals surface area (Å²) in [6.07, 6.45) is 1.72. The van der Waals surface area contributed by atoms with Gasteiger partial charge in [-0.15, -0.1) is 0 Å². The average Bonchev–Trinajstić information content (AvgIpc) is 2.77. The Bertz CT molecular complexity index is 419. The quantitative estimate of drug-likeness (QED) is 0.837. The normalized spacial score (nSPS) is 17.9. The number of halogens is 3. The first kappa shape index (κ1) is 13.1. The van der Waals surface area contributed by atoms with E-state index in [9.17, 15) is 18.0 Å². The number of ketones is 1. The molecule has 2 rings (SSSR count). The molecule has 1 aromatic rings. The van der Waals surface area contributed by atoms with E-state index in [2.05, 4.69) is 5.10 Å². The summed E-state index contributed by atoms with van der Waals surface area (Å²) in [5.41, 5.74) is 0.197. The molecule has 0 radical (unpaired) electrons. The van der Waals surface area contributed by atoms with Crippen molar-refractivity contribution < 1.29 is 18.0 Å². The molecule has 0 aromatic carbocycles. The van der Waals surface area contributed by atoms with E-state index in [1.165, 1.54) is 12.5 Å². The molecule has 18 heavy (non-hydrogen) atoms. The van der Waals surface area contributed by atoms with Gasteiger partial charge in [-0.1, -0.05) is 19.3 Å². The highest BCUT2D eigenvalue weighted by Gasteiger charge is 2.38. The second-order valence-corrected chi connectivity index (χ2v) is 4.68. The smallest absolute Gasteiger partial charge is 0.289 e. The molecule has 6 heteroatoms. The molecule has 1 aliphatic rings. The van der Waals surface area contributed by atoms with Crippen LogP contribution in [-0.4, -0.2) is 21.7 Å². The van der Waals surface area contributed by atoms with Crippen LogP contribution < -0.4 is 0 Å². The van der Waals surface area contributed by atoms with E-state index >= 15 is 0 Å². The fourth-order valence-corrected chi connectivity index (χ4v) is 2.29. The molecular formula is C12H15F3N2O. The lowest BCUT2D eigenvalue weighted by Gasteiger charge is -2.21. The van der Waals surface area contributed by atoms with Crippen LogP contribution in [0.5, 0.6) is 0 Å². The molecule has 1 aromatic heterocycles. The number of rotatable bonds is 3. The van der Waals surface area contributed by atoms with E-state index in [1.807, 2.05) is 0 Å². The molecule has 1 aliphatic carbocycles. The first-order chi connectivity index (χ1) is 8.47. The van der Waals surface area contributed by atoms with Crippen LogP contribution in [0.15, 0.2) is 12.3 Å². The Labute approximate surface area is 103 Å². The van der Waals surface area contributed by atoms with Crippen molar-refractivity contribution in [2.45, 2.75) is 50.7 Å². The molecule has 0 unspecified atom stereocenters. The zero-order valence-corrected chi connectivity index (χ0v) is 9.91. The van der Waals surface area contributed by atoms with Crippen molar-refractivity contribution in [2.75, 3.05) is 0 Å². The van der Waals surface area contributed by atoms with Gasteiger partial charge in [0.25, 0.3) is 0 Å². The van der Waals surface area contributed by atoms with Crippen LogP contribution in [0.2, 0.25) is 0 Å². The Balaban J connectivity index is 1.99. The fourth-order valence-electron chi connectivity index (χ4n) is 2.29. The lowest BCUT2D eigenvalue weighted by molar-refractivity contribution is -0.170. The predicted octanol–water partition coefficient (Wildman–Crippen LogP) is 3.06. The lowest BCUT2D eigenvalue weighted by Crippen LogP contribution is -2.25. The molecule has 1 saturated carbocycles. The van der Waals surface area contributed by atoms with E-state index in [1.54, 1.807) is 10.9 Å². The number of aromatic nitrogens is 2. The van der Waals surface area contributed by atoms with Crippen LogP contribution in [-0.2, 0) is 11.2 Å². The number of hydrogen-bond donors (Lipinski definition) is 0. The molecule has 1 heterocycles. The minimum Gasteiger partial charge on any atom is -0.289 e. The number of carbonyl (C=O) groups excluding carboxylic acids is 1. The highest BCUT2D eigenvalue weighted by atomic mass is 19.4. The SMILES string of the molecule is O=C(Cc1ccn(C2CCCCC2)n1)C(F)(F)F. The Morgan fingerprint density at radius 1 is 1.33 bits per heavy atom. The van der Waals surface area contributed by atoms with E-state index in [0.717, 1.165) is 25.7 Å². The molecule has 0 N–H and O–H groups in total. The van der Waals surface area contributed by atoms with Crippen molar-refractivity contribution in [1.82, 2.24) is 9.78 Å². The number of hydrogen-bond acceptors (Lipinski definition) is 2. The third kappa shape index (κ3) is 3.11. The largest absolute Gasteiger partial charge is 0.450 e. The molecule has 0 spiro atoms. The number of Topliss-reactive ketones (excluding diaryl/α,β-unsaturated/α-hetero) is 1. The van der Waals surface area contributed by atoms with Crippen LogP contribution in [0.25, 0.3) is 0 Å². The van der Waals surface area contributed by atoms with E-state index in [-0.39, 0.29) is 11.7 Å². The molecule has 1 fully saturated rings. The minimum atomic E-state index is -4.77. The zero-order valence-electron chi connectivity index (χ0n) is 9.91. The maximum atomic E-state index is 12.1. The van der Waals surface area contributed by atoms with Gasteiger partial charge < -0.3 is 0 Å². The van der Waals surface area contributed by atoms with Crippen molar-refractivity contribution >= 4 is 5.78 Å². The molecule has 0 bridgehead atoms. The molecule has 0 atom stereocenters. The van der Waals surface area contributed by atoms with Gasteiger partial charge in [0.1, 0.15) is 0 Å². The van der Waals surface area contributed by atoms with Gasteiger partial charge in [-0.2, -0.15) is 18.3 Å². The monoisotopic (exact) mass is 260 g/mol. The average molecular weight is 260 g/mol. The van der Waals surface area contributed by atoms with Crippen LogP contribution >= 0.6 is 0 Å². The lowest BCUT2D eigenvalue weighted by atomic mass is 9.96. The molecule has 0 aliphatic heterocycles. The van der Waals surface area contributed by atoms with Gasteiger partial charge >= 0.3 is 6.18 Å². The summed E-state index contributed by atoms with van der Waals surface area (Å²) in [5.74, 6) is -1.74. The first-order valence-corrected chi connectivity index (χ1v) is 6.11. The van der Waals surface area contributed by atoms with Crippen molar-refractivity contribution in [3.05, 3.63) is 18.0 Å². The highest BCUT2D eigenvalue weighted by Crippen LogP contribution is 2.27. The van der Waals surface area contributed by atoms with Crippen LogP contribution in [0.4, 0.5) is 13.2 Å². The maximum absolute atomic E-state index is 12.1. The highest BCUT2D eigenvalue weighted by molar-refractivity contribution is 5.85. The van der Waals surface area contributed by atoms with E-state index in [0.29, 0.717) is 0 Å². The Hall–Kier alpha value is -1.33. The van der Waals surface area contributed by atoms with Crippen molar-refractivity contribution in [3.63, 3.8) is 0 Å². The first-order valence-electron chi connectivity index (χ1n) is 6.11. The topological polar surface area (TPSA) is 34.9 Å². The number of nitrogens with zero attached hydrogens (tertiary/aromatic N) is 2. The molecule has 3 nitrogen and oxygen atoms in total. The zero-order chi connectivity index (χ0) is 13.2. The molecule has 100 valence electrons. The number of carbonyl (C=O) groups is 1. The van der Waals surface area contributed by atoms with Crippen LogP contribution in [0.1, 0.15) is 43.8 Å². The second kappa shape index (κ2) is 5.12. The maximum Gasteiger partial charge on any atom is 0.450 e. The van der Waals surface area contributed by atoms with Gasteiger partial charge in [0.15, 0.2) is 0 Å². The Morgan fingerprint density at radius 3 is 2.61 bits per heavy atom. The van der Waals surface area contributed by atoms with Crippen LogP contribution in [0.3, 0.4) is 0 Å². The van der Waals surface area contributed by atoms with Crippen molar-refractivity contribution in [1.29, 1.82) is 0 Å². The summed E-state index contributed by atoms with van der Waals surface area (Å²) in [4.78, 5) is 10.8. The Kier molecular flexibility index (Phi) is 3.73. The number of alkyl halides is 3. The summed E-state index contributed by atoms with van der Waals surface area (Å²) >= 11 is 0. The van der Waals surface area contributed by atoms with Gasteiger partial charge in [-0.3, -0.25) is 9.48 Å². The third-order valence-electron chi connectivity index (χ3n) is 3.27. The van der Waals surface area contributed by atoms with Gasteiger partial charge in [-0.25, -0.2) is 0 Å². The predicted molar refractivity (Wildman–Crippen MR) is 59.1 cm³/mol. The summed E-state index contributed by atoms with van der Waals surface area (Å²) < 4.78 is 38.0. The summed E-state index contributed by atoms with van der Waals surface area (Å²) in [6.45, 7) is 0. The fraction of sp³-hybridized carbons (Fsp3) is 0.667. The summed E-state index contributed by atoms with van der Waals surface area (Å²) in [5, 5.41) is 4.08. The van der Waals surface area contributed by atoms with Crippen molar-refractivity contribution in [3.8, 4) is 0 Å². The van der Waals surface area contributed by atoms with Gasteiger partial charge in [0.2, 0.25) is 5.78 Å². The minimum absolute atomic E-state index is 0.197. The van der Waals surface area contributed by atoms with E-state index < -0.39 is 18.4 Å². The third-order valence-corrected chi connectivity index (χ3v) is 3.27. The Morgan fingerprint density at radius 2 is 2.00 bits per heavy atom. The van der Waals surface area contributed by atoms with Crippen molar-refractivity contribution in [2.24, 2.45) is 0 Å². The van der Waals surface area contributed by atoms with Gasteiger partial charge in [0.05, 0.1) is 18.2 Å². The summed E-state index contributed by atoms with van der Waals surface area (Å²) in [6, 6.07) is 1.77. The molecule has 0 saturated heterocycles. The van der Waals surface area contributed by atoms with Gasteiger partial charge in [0, 0.05) is 6.20 Å². The molecular weight excluding hydrogens is 245 g/mol. The van der Waals surface area contributed by atoms with E-state index in [4.69, 9.17) is 0 Å². The summed E-state index contributed by atoms with van der Waals surface area (Å²) in [7, 11) is 0. The molecule has 0 amide bonds. The van der Waals surface area contributed by atoms with Gasteiger partial charge in [-0.05, 0) is 18.9 Å². The second-order valence-electron chi connectivity index (χ2n) is 4.68.